The molecule has 0 aromatic heterocycles. The predicted molar refractivity (Wildman–Crippen MR) is 91.0 cm³/mol. The molecule has 0 aliphatic carbocycles. The summed E-state index contributed by atoms with van der Waals surface area (Å²) in [6.45, 7) is 3.06. The number of nitrogens with zero attached hydrogens (tertiary/aromatic N) is 1. The maximum absolute atomic E-state index is 12.1. The van der Waals surface area contributed by atoms with Gasteiger partial charge in [-0.1, -0.05) is 12.1 Å². The molecule has 1 heterocycles. The zero-order valence-electron chi connectivity index (χ0n) is 13.5. The lowest BCUT2D eigenvalue weighted by Gasteiger charge is -2.29. The highest BCUT2D eigenvalue weighted by Crippen LogP contribution is 2.32. The lowest BCUT2D eigenvalue weighted by Crippen LogP contribution is -2.39. The van der Waals surface area contributed by atoms with Crippen LogP contribution in [-0.4, -0.2) is 32.0 Å². The molecule has 0 unspecified atom stereocenters. The quantitative estimate of drug-likeness (QED) is 0.605. The third-order valence-electron chi connectivity index (χ3n) is 3.85. The molecule has 1 amide bonds. The van der Waals surface area contributed by atoms with Gasteiger partial charge in [-0.05, 0) is 49.2 Å². The van der Waals surface area contributed by atoms with E-state index in [4.69, 9.17) is 9.47 Å². The minimum absolute atomic E-state index is 0.0200. The van der Waals surface area contributed by atoms with E-state index in [1.165, 1.54) is 0 Å². The molecule has 0 saturated heterocycles. The first-order valence-electron chi connectivity index (χ1n) is 7.89. The molecular formula is C19H19NO4. The van der Waals surface area contributed by atoms with E-state index >= 15 is 0 Å². The second kappa shape index (κ2) is 7.17. The maximum atomic E-state index is 12.1. The smallest absolute Gasteiger partial charge is 0.265 e. The molecule has 2 aromatic carbocycles. The summed E-state index contributed by atoms with van der Waals surface area (Å²) in [5.41, 5.74) is 2.31. The Bertz CT molecular complexity index is 757. The molecular weight excluding hydrogens is 306 g/mol. The number of hydrogen-bond acceptors (Lipinski definition) is 4. The van der Waals surface area contributed by atoms with Gasteiger partial charge in [0.2, 0.25) is 0 Å². The number of aldehydes is 1. The van der Waals surface area contributed by atoms with Gasteiger partial charge in [0.25, 0.3) is 5.91 Å². The van der Waals surface area contributed by atoms with Gasteiger partial charge in [0.1, 0.15) is 17.8 Å². The van der Waals surface area contributed by atoms with Gasteiger partial charge in [-0.2, -0.15) is 0 Å². The molecule has 1 aliphatic heterocycles. The van der Waals surface area contributed by atoms with Crippen LogP contribution in [0.1, 0.15) is 22.3 Å². The minimum atomic E-state index is -0.110. The summed E-state index contributed by atoms with van der Waals surface area (Å²) in [6.07, 6.45) is 1.45. The summed E-state index contributed by atoms with van der Waals surface area (Å²) in [5, 5.41) is 0. The Morgan fingerprint density at radius 3 is 2.92 bits per heavy atom. The van der Waals surface area contributed by atoms with Gasteiger partial charge in [0, 0.05) is 12.1 Å². The zero-order chi connectivity index (χ0) is 16.9. The minimum Gasteiger partial charge on any atom is -0.494 e. The van der Waals surface area contributed by atoms with Gasteiger partial charge < -0.3 is 14.4 Å². The van der Waals surface area contributed by atoms with Crippen molar-refractivity contribution < 1.29 is 19.1 Å². The van der Waals surface area contributed by atoms with Crippen molar-refractivity contribution >= 4 is 17.9 Å². The average molecular weight is 325 g/mol. The Labute approximate surface area is 140 Å². The number of amides is 1. The van der Waals surface area contributed by atoms with Crippen molar-refractivity contribution in [2.45, 2.75) is 13.3 Å². The highest BCUT2D eigenvalue weighted by atomic mass is 16.5. The Hall–Kier alpha value is -2.82. The summed E-state index contributed by atoms with van der Waals surface area (Å²) in [6, 6.07) is 12.9. The first kappa shape index (κ1) is 16.1. The highest BCUT2D eigenvalue weighted by molar-refractivity contribution is 5.98. The van der Waals surface area contributed by atoms with Crippen LogP contribution in [0.25, 0.3) is 0 Å². The molecule has 0 fully saturated rings. The van der Waals surface area contributed by atoms with E-state index < -0.39 is 0 Å². The standard InChI is InChI=1S/C19H19NO4/c1-14-4-2-5-16(10-14)23-9-3-8-20-17-11-15(12-21)6-7-18(17)24-13-19(20)22/h2,4-7,10-12H,3,8-9,13H2,1H3. The van der Waals surface area contributed by atoms with Crippen LogP contribution >= 0.6 is 0 Å². The van der Waals surface area contributed by atoms with E-state index in [1.54, 1.807) is 23.1 Å². The molecule has 3 rings (SSSR count). The highest BCUT2D eigenvalue weighted by Gasteiger charge is 2.25. The Kier molecular flexibility index (Phi) is 4.79. The van der Waals surface area contributed by atoms with Crippen LogP contribution in [0.2, 0.25) is 0 Å². The van der Waals surface area contributed by atoms with Crippen LogP contribution in [0.5, 0.6) is 11.5 Å². The monoisotopic (exact) mass is 325 g/mol. The second-order valence-electron chi connectivity index (χ2n) is 5.70. The lowest BCUT2D eigenvalue weighted by atomic mass is 10.1. The van der Waals surface area contributed by atoms with Crippen LogP contribution in [0.4, 0.5) is 5.69 Å². The van der Waals surface area contributed by atoms with Crippen LogP contribution < -0.4 is 14.4 Å². The number of ether oxygens (including phenoxy) is 2. The van der Waals surface area contributed by atoms with E-state index in [9.17, 15) is 9.59 Å². The van der Waals surface area contributed by atoms with Crippen molar-refractivity contribution in [1.29, 1.82) is 0 Å². The predicted octanol–water partition coefficient (Wildman–Crippen LogP) is 3.00. The van der Waals surface area contributed by atoms with E-state index in [0.717, 1.165) is 17.6 Å². The SMILES string of the molecule is Cc1cccc(OCCCN2C(=O)COc3ccc(C=O)cc32)c1. The number of benzene rings is 2. The van der Waals surface area contributed by atoms with E-state index in [0.29, 0.717) is 36.6 Å². The molecule has 0 spiro atoms. The third kappa shape index (κ3) is 3.56. The van der Waals surface area contributed by atoms with Crippen molar-refractivity contribution in [2.24, 2.45) is 0 Å². The molecule has 5 nitrogen and oxygen atoms in total. The number of hydrogen-bond donors (Lipinski definition) is 0. The molecule has 24 heavy (non-hydrogen) atoms. The Balaban J connectivity index is 1.62. The Morgan fingerprint density at radius 2 is 2.12 bits per heavy atom. The first-order chi connectivity index (χ1) is 11.7. The van der Waals surface area contributed by atoms with E-state index in [1.807, 2.05) is 31.2 Å². The number of aryl methyl sites for hydroxylation is 1. The van der Waals surface area contributed by atoms with Crippen molar-refractivity contribution in [3.63, 3.8) is 0 Å². The fraction of sp³-hybridized carbons (Fsp3) is 0.263. The van der Waals surface area contributed by atoms with Crippen LogP contribution in [-0.2, 0) is 4.79 Å². The Morgan fingerprint density at radius 1 is 1.25 bits per heavy atom. The average Bonchev–Trinajstić information content (AvgIpc) is 2.59. The molecule has 0 N–H and O–H groups in total. The number of rotatable bonds is 6. The molecule has 0 saturated carbocycles. The summed E-state index contributed by atoms with van der Waals surface area (Å²) in [4.78, 5) is 24.8. The molecule has 2 aromatic rings. The normalized spacial score (nSPS) is 13.2. The molecule has 0 atom stereocenters. The topological polar surface area (TPSA) is 55.8 Å². The first-order valence-corrected chi connectivity index (χ1v) is 7.89. The summed E-state index contributed by atoms with van der Waals surface area (Å²) in [7, 11) is 0. The molecule has 0 bridgehead atoms. The van der Waals surface area contributed by atoms with Crippen LogP contribution in [0.3, 0.4) is 0 Å². The van der Waals surface area contributed by atoms with Crippen LogP contribution in [0.15, 0.2) is 42.5 Å². The van der Waals surface area contributed by atoms with Gasteiger partial charge in [-0.15, -0.1) is 0 Å². The van der Waals surface area contributed by atoms with Crippen LogP contribution in [0, 0.1) is 6.92 Å². The van der Waals surface area contributed by atoms with Crippen molar-refractivity contribution in [2.75, 3.05) is 24.7 Å². The van der Waals surface area contributed by atoms with Gasteiger partial charge in [-0.3, -0.25) is 9.59 Å². The number of fused-ring (bicyclic) bond motifs is 1. The maximum Gasteiger partial charge on any atom is 0.265 e. The fourth-order valence-electron chi connectivity index (χ4n) is 2.66. The lowest BCUT2D eigenvalue weighted by molar-refractivity contribution is -0.121. The summed E-state index contributed by atoms with van der Waals surface area (Å²) in [5.74, 6) is 1.34. The number of anilines is 1. The van der Waals surface area contributed by atoms with Gasteiger partial charge in [0.05, 0.1) is 12.3 Å². The van der Waals surface area contributed by atoms with Crippen molar-refractivity contribution in [3.05, 3.63) is 53.6 Å². The molecule has 5 heteroatoms. The zero-order valence-corrected chi connectivity index (χ0v) is 13.5. The fourth-order valence-corrected chi connectivity index (χ4v) is 2.66. The molecule has 0 radical (unpaired) electrons. The van der Waals surface area contributed by atoms with Crippen molar-refractivity contribution in [1.82, 2.24) is 0 Å². The molecule has 124 valence electrons. The summed E-state index contributed by atoms with van der Waals surface area (Å²) < 4.78 is 11.1. The molecule has 1 aliphatic rings. The summed E-state index contributed by atoms with van der Waals surface area (Å²) >= 11 is 0. The van der Waals surface area contributed by atoms with E-state index in [2.05, 4.69) is 0 Å². The van der Waals surface area contributed by atoms with E-state index in [-0.39, 0.29) is 12.5 Å². The third-order valence-corrected chi connectivity index (χ3v) is 3.85. The number of carbonyl (C=O) groups is 2. The van der Waals surface area contributed by atoms with Gasteiger partial charge in [0.15, 0.2) is 6.61 Å². The number of carbonyl (C=O) groups excluding carboxylic acids is 2. The van der Waals surface area contributed by atoms with Crippen molar-refractivity contribution in [3.8, 4) is 11.5 Å². The second-order valence-corrected chi connectivity index (χ2v) is 5.70. The van der Waals surface area contributed by atoms with Gasteiger partial charge in [-0.25, -0.2) is 0 Å². The van der Waals surface area contributed by atoms with Gasteiger partial charge >= 0.3 is 0 Å². The largest absolute Gasteiger partial charge is 0.494 e.